The van der Waals surface area contributed by atoms with Crippen molar-refractivity contribution in [3.05, 3.63) is 165 Å². The molecule has 0 aromatic heterocycles. The fraction of sp³-hybridized carbons (Fsp3) is 0.542. The largest absolute Gasteiger partial charge is 0.309 e. The Hall–Kier alpha value is -5.34. The number of nitrogens with zero attached hydrogens (tertiary/aromatic N) is 2. The summed E-state index contributed by atoms with van der Waals surface area (Å²) in [5.74, 6) is 2.31. The highest BCUT2D eigenvalue weighted by Crippen LogP contribution is 2.55. The fourth-order valence-corrected chi connectivity index (χ4v) is 15.5. The predicted molar refractivity (Wildman–Crippen MR) is 372 cm³/mol. The van der Waals surface area contributed by atoms with Gasteiger partial charge in [-0.2, -0.15) is 0 Å². The predicted octanol–water partition coefficient (Wildman–Crippen LogP) is 26.0. The Bertz CT molecular complexity index is 3370. The van der Waals surface area contributed by atoms with Crippen LogP contribution in [-0.4, -0.2) is 0 Å². The van der Waals surface area contributed by atoms with E-state index in [2.05, 4.69) is 229 Å². The van der Waals surface area contributed by atoms with E-state index >= 15 is 0 Å². The Morgan fingerprint density at radius 2 is 0.506 bits per heavy atom. The molecule has 0 N–H and O–H groups in total. The fourth-order valence-electron chi connectivity index (χ4n) is 15.5. The lowest BCUT2D eigenvalue weighted by molar-refractivity contribution is 0.435. The molecule has 11 rings (SSSR count). The van der Waals surface area contributed by atoms with Crippen molar-refractivity contribution in [1.82, 2.24) is 0 Å². The van der Waals surface area contributed by atoms with Crippen molar-refractivity contribution in [2.45, 2.75) is 289 Å². The molecular formula is C83H110N2. The molecule has 0 spiro atoms. The summed E-state index contributed by atoms with van der Waals surface area (Å²) in [4.78, 5) is 5.63. The van der Waals surface area contributed by atoms with Gasteiger partial charge in [-0.1, -0.05) is 248 Å². The third-order valence-electron chi connectivity index (χ3n) is 21.1. The van der Waals surface area contributed by atoms with Gasteiger partial charge in [-0.15, -0.1) is 0 Å². The zero-order chi connectivity index (χ0) is 60.2. The van der Waals surface area contributed by atoms with Crippen LogP contribution in [0.25, 0.3) is 21.5 Å². The molecule has 452 valence electrons. The Morgan fingerprint density at radius 3 is 0.800 bits per heavy atom. The molecule has 0 aliphatic heterocycles. The van der Waals surface area contributed by atoms with Crippen LogP contribution in [0.2, 0.25) is 0 Å². The summed E-state index contributed by atoms with van der Waals surface area (Å²) in [5, 5.41) is 5.23. The number of rotatable bonds is 10. The molecule has 2 heteroatoms. The van der Waals surface area contributed by atoms with Crippen LogP contribution < -0.4 is 9.80 Å². The number of fused-ring (bicyclic) bond motifs is 2. The van der Waals surface area contributed by atoms with Crippen molar-refractivity contribution in [2.75, 3.05) is 9.80 Å². The van der Waals surface area contributed by atoms with Crippen LogP contribution in [0.5, 0.6) is 0 Å². The first-order valence-electron chi connectivity index (χ1n) is 34.5. The van der Waals surface area contributed by atoms with Crippen molar-refractivity contribution in [1.29, 1.82) is 0 Å². The van der Waals surface area contributed by atoms with E-state index in [0.29, 0.717) is 23.7 Å². The minimum absolute atomic E-state index is 0.0661. The van der Waals surface area contributed by atoms with Gasteiger partial charge in [0, 0.05) is 44.3 Å². The van der Waals surface area contributed by atoms with E-state index in [4.69, 9.17) is 0 Å². The Labute approximate surface area is 517 Å². The van der Waals surface area contributed by atoms with Gasteiger partial charge in [0.15, 0.2) is 0 Å². The molecule has 4 aliphatic rings. The second-order valence-corrected chi connectivity index (χ2v) is 32.9. The first-order chi connectivity index (χ1) is 40.3. The van der Waals surface area contributed by atoms with Crippen LogP contribution in [-0.2, 0) is 27.1 Å². The number of hydrogen-bond donors (Lipinski definition) is 0. The standard InChI is InChI=1S/C83H110N2/c1-79(2,3)64-41-42-75-76(55-64)78(85(72-53-67(82(10,11)12)50-68(54-72)83(13,14)15)70-47-62(58-35-25-19-26-36-58)44-63(48-70)59-37-27-20-28-38-59)74-40-30-29-39-73(74)77(75)84(71-51-65(80(4,5)6)49-66(52-71)81(7,8)9)69-45-60(56-31-21-16-17-22-32-56)43-61(46-69)57-33-23-18-24-34-57/h29-30,39-59H,16-28,31-38H2,1-15H3. The number of hydrogen-bond acceptors (Lipinski definition) is 2. The van der Waals surface area contributed by atoms with E-state index in [0.717, 1.165) is 0 Å². The van der Waals surface area contributed by atoms with E-state index in [9.17, 15) is 0 Å². The van der Waals surface area contributed by atoms with Crippen molar-refractivity contribution < 1.29 is 0 Å². The lowest BCUT2D eigenvalue weighted by atomic mass is 9.79. The molecule has 7 aromatic carbocycles. The molecule has 4 fully saturated rings. The normalized spacial score (nSPS) is 18.1. The molecule has 0 atom stereocenters. The van der Waals surface area contributed by atoms with Gasteiger partial charge in [-0.05, 0) is 207 Å². The van der Waals surface area contributed by atoms with Gasteiger partial charge in [-0.25, -0.2) is 0 Å². The van der Waals surface area contributed by atoms with Crippen molar-refractivity contribution in [3.63, 3.8) is 0 Å². The lowest BCUT2D eigenvalue weighted by Gasteiger charge is -2.37. The third-order valence-corrected chi connectivity index (χ3v) is 21.1. The van der Waals surface area contributed by atoms with E-state index in [-0.39, 0.29) is 27.1 Å². The first-order valence-corrected chi connectivity index (χ1v) is 34.5. The van der Waals surface area contributed by atoms with Crippen molar-refractivity contribution in [2.24, 2.45) is 0 Å². The van der Waals surface area contributed by atoms with Gasteiger partial charge in [0.05, 0.1) is 11.4 Å². The average molecular weight is 1140 g/mol. The number of anilines is 6. The first kappa shape index (κ1) is 61.3. The minimum atomic E-state index is -0.0903. The summed E-state index contributed by atoms with van der Waals surface area (Å²) in [6, 6.07) is 49.0. The highest BCUT2D eigenvalue weighted by atomic mass is 15.2. The second-order valence-electron chi connectivity index (χ2n) is 32.9. The summed E-state index contributed by atoms with van der Waals surface area (Å²) in [7, 11) is 0. The smallest absolute Gasteiger partial charge is 0.0620 e. The van der Waals surface area contributed by atoms with Crippen LogP contribution >= 0.6 is 0 Å². The zero-order valence-electron chi connectivity index (χ0n) is 56.0. The van der Waals surface area contributed by atoms with Crippen molar-refractivity contribution in [3.8, 4) is 0 Å². The van der Waals surface area contributed by atoms with E-state index < -0.39 is 0 Å². The van der Waals surface area contributed by atoms with Gasteiger partial charge < -0.3 is 9.80 Å². The highest BCUT2D eigenvalue weighted by Gasteiger charge is 2.34. The Balaban J connectivity index is 1.31. The monoisotopic (exact) mass is 1130 g/mol. The Morgan fingerprint density at radius 1 is 0.247 bits per heavy atom. The van der Waals surface area contributed by atoms with Crippen LogP contribution in [0, 0.1) is 0 Å². The number of benzene rings is 7. The maximum absolute atomic E-state index is 2.82. The topological polar surface area (TPSA) is 6.48 Å². The minimum Gasteiger partial charge on any atom is -0.309 e. The summed E-state index contributed by atoms with van der Waals surface area (Å²) < 4.78 is 0. The molecule has 85 heavy (non-hydrogen) atoms. The van der Waals surface area contributed by atoms with Gasteiger partial charge in [0.2, 0.25) is 0 Å². The quantitative estimate of drug-likeness (QED) is 0.0765. The molecule has 0 unspecified atom stereocenters. The highest BCUT2D eigenvalue weighted by molar-refractivity contribution is 6.23. The maximum Gasteiger partial charge on any atom is 0.0620 e. The average Bonchev–Trinajstić information content (AvgIpc) is 0.955. The van der Waals surface area contributed by atoms with E-state index in [1.165, 1.54) is 218 Å². The molecule has 7 aromatic rings. The summed E-state index contributed by atoms with van der Waals surface area (Å²) in [6.45, 7) is 36.3. The molecular weight excluding hydrogens is 1020 g/mol. The molecule has 4 aliphatic carbocycles. The lowest BCUT2D eigenvalue weighted by Crippen LogP contribution is -2.21. The maximum atomic E-state index is 2.82. The van der Waals surface area contributed by atoms with Crippen molar-refractivity contribution >= 4 is 55.7 Å². The van der Waals surface area contributed by atoms with Gasteiger partial charge >= 0.3 is 0 Å². The van der Waals surface area contributed by atoms with Crippen LogP contribution in [0.4, 0.5) is 34.1 Å². The molecule has 0 amide bonds. The molecule has 0 radical (unpaired) electrons. The SMILES string of the molecule is CC(C)(C)c1cc(N(c2cc(C3CCCCCC3)cc(C3CCCCC3)c2)c2c3ccccc3c(N(c3cc(C4CCCCC4)cc(C4CCCCC4)c3)c3cc(C(C)(C)C)cc(C(C)(C)C)c3)c3cc(C(C)(C)C)ccc23)cc(C(C)(C)C)c1. The van der Waals surface area contributed by atoms with E-state index in [1.54, 1.807) is 22.3 Å². The van der Waals surface area contributed by atoms with Crippen LogP contribution in [0.15, 0.2) is 115 Å². The van der Waals surface area contributed by atoms with E-state index in [1.807, 2.05) is 0 Å². The Kier molecular flexibility index (Phi) is 17.5. The van der Waals surface area contributed by atoms with Gasteiger partial charge in [0.25, 0.3) is 0 Å². The third kappa shape index (κ3) is 13.4. The van der Waals surface area contributed by atoms with Crippen LogP contribution in [0.3, 0.4) is 0 Å². The van der Waals surface area contributed by atoms with Gasteiger partial charge in [0.1, 0.15) is 0 Å². The summed E-state index contributed by atoms with van der Waals surface area (Å²) in [6.07, 6.45) is 27.6. The zero-order valence-corrected chi connectivity index (χ0v) is 56.0. The van der Waals surface area contributed by atoms with Crippen LogP contribution in [0.1, 0.15) is 312 Å². The van der Waals surface area contributed by atoms with Gasteiger partial charge in [-0.3, -0.25) is 0 Å². The molecule has 0 heterocycles. The molecule has 0 bridgehead atoms. The second kappa shape index (κ2) is 24.3. The molecule has 0 saturated heterocycles. The molecule has 2 nitrogen and oxygen atoms in total. The summed E-state index contributed by atoms with van der Waals surface area (Å²) in [5.41, 5.74) is 20.6. The molecule has 4 saturated carbocycles. The summed E-state index contributed by atoms with van der Waals surface area (Å²) >= 11 is 0.